The van der Waals surface area contributed by atoms with Crippen molar-refractivity contribution in [2.75, 3.05) is 12.4 Å². The Bertz CT molecular complexity index is 794. The number of hydrogen-bond acceptors (Lipinski definition) is 3. The van der Waals surface area contributed by atoms with Crippen LogP contribution in [0.3, 0.4) is 0 Å². The number of benzene rings is 2. The molecule has 1 aliphatic heterocycles. The van der Waals surface area contributed by atoms with Crippen LogP contribution in [-0.4, -0.2) is 18.8 Å². The number of rotatable bonds is 3. The first-order valence-electron chi connectivity index (χ1n) is 6.60. The van der Waals surface area contributed by atoms with Crippen LogP contribution in [-0.2, 0) is 4.79 Å². The third-order valence-electron chi connectivity index (χ3n) is 3.43. The molecule has 0 atom stereocenters. The molecular weight excluding hydrogens is 302 g/mol. The molecule has 2 aromatic rings. The van der Waals surface area contributed by atoms with Crippen molar-refractivity contribution in [2.24, 2.45) is 0 Å². The first-order valence-corrected chi connectivity index (χ1v) is 6.98. The molecule has 0 bridgehead atoms. The highest BCUT2D eigenvalue weighted by atomic mass is 35.5. The zero-order chi connectivity index (χ0) is 15.7. The standard InChI is InChI=1S/C17H12ClNO3/c1-22-11-7-5-10(6-8-11)15(20)9-12-16-13(18)3-2-4-14(16)19-17(12)21/h2-9H,1H3,(H,19,21). The second-order valence-corrected chi connectivity index (χ2v) is 5.17. The molecule has 0 aliphatic carbocycles. The Morgan fingerprint density at radius 2 is 1.91 bits per heavy atom. The van der Waals surface area contributed by atoms with E-state index in [0.717, 1.165) is 0 Å². The summed E-state index contributed by atoms with van der Waals surface area (Å²) >= 11 is 6.14. The molecule has 1 heterocycles. The first kappa shape index (κ1) is 14.4. The van der Waals surface area contributed by atoms with Crippen LogP contribution in [0.1, 0.15) is 15.9 Å². The average Bonchev–Trinajstić information content (AvgIpc) is 2.84. The van der Waals surface area contributed by atoms with E-state index in [1.54, 1.807) is 49.6 Å². The number of halogens is 1. The van der Waals surface area contributed by atoms with Crippen molar-refractivity contribution in [1.29, 1.82) is 0 Å². The van der Waals surface area contributed by atoms with Gasteiger partial charge in [-0.2, -0.15) is 0 Å². The Labute approximate surface area is 132 Å². The maximum atomic E-state index is 12.3. The molecule has 0 aromatic heterocycles. The minimum absolute atomic E-state index is 0.263. The molecule has 110 valence electrons. The fraction of sp³-hybridized carbons (Fsp3) is 0.0588. The average molecular weight is 314 g/mol. The lowest BCUT2D eigenvalue weighted by Gasteiger charge is -2.02. The van der Waals surface area contributed by atoms with Crippen molar-refractivity contribution in [3.8, 4) is 5.75 Å². The van der Waals surface area contributed by atoms with Crippen molar-refractivity contribution in [1.82, 2.24) is 0 Å². The van der Waals surface area contributed by atoms with Crippen LogP contribution in [0.15, 0.2) is 48.5 Å². The second kappa shape index (κ2) is 5.66. The number of carbonyl (C=O) groups is 2. The number of carbonyl (C=O) groups excluding carboxylic acids is 2. The number of hydrogen-bond donors (Lipinski definition) is 1. The zero-order valence-corrected chi connectivity index (χ0v) is 12.5. The van der Waals surface area contributed by atoms with Crippen LogP contribution in [0.5, 0.6) is 5.75 Å². The van der Waals surface area contributed by atoms with Gasteiger partial charge < -0.3 is 10.1 Å². The van der Waals surface area contributed by atoms with Gasteiger partial charge in [-0.25, -0.2) is 0 Å². The molecule has 1 aliphatic rings. The Balaban J connectivity index is 1.98. The lowest BCUT2D eigenvalue weighted by molar-refractivity contribution is -0.110. The molecule has 0 saturated carbocycles. The van der Waals surface area contributed by atoms with E-state index in [4.69, 9.17) is 16.3 Å². The van der Waals surface area contributed by atoms with E-state index in [9.17, 15) is 9.59 Å². The van der Waals surface area contributed by atoms with Gasteiger partial charge in [-0.1, -0.05) is 17.7 Å². The van der Waals surface area contributed by atoms with Crippen LogP contribution in [0, 0.1) is 0 Å². The molecule has 1 amide bonds. The fourth-order valence-corrected chi connectivity index (χ4v) is 2.59. The van der Waals surface area contributed by atoms with E-state index in [1.165, 1.54) is 6.08 Å². The van der Waals surface area contributed by atoms with E-state index in [-0.39, 0.29) is 17.3 Å². The van der Waals surface area contributed by atoms with Crippen LogP contribution in [0.25, 0.3) is 5.57 Å². The van der Waals surface area contributed by atoms with E-state index in [1.807, 2.05) is 0 Å². The van der Waals surface area contributed by atoms with Crippen LogP contribution < -0.4 is 10.1 Å². The Kier molecular flexibility index (Phi) is 3.69. The third-order valence-corrected chi connectivity index (χ3v) is 3.74. The van der Waals surface area contributed by atoms with Crippen molar-refractivity contribution in [3.05, 3.63) is 64.7 Å². The summed E-state index contributed by atoms with van der Waals surface area (Å²) in [7, 11) is 1.56. The van der Waals surface area contributed by atoms with Gasteiger partial charge in [0, 0.05) is 11.1 Å². The molecule has 22 heavy (non-hydrogen) atoms. The summed E-state index contributed by atoms with van der Waals surface area (Å²) < 4.78 is 5.05. The van der Waals surface area contributed by atoms with Crippen molar-refractivity contribution >= 4 is 34.6 Å². The molecular formula is C17H12ClNO3. The smallest absolute Gasteiger partial charge is 0.256 e. The Morgan fingerprint density at radius 1 is 1.18 bits per heavy atom. The molecule has 0 radical (unpaired) electrons. The zero-order valence-electron chi connectivity index (χ0n) is 11.7. The van der Waals surface area contributed by atoms with Gasteiger partial charge in [0.15, 0.2) is 5.78 Å². The first-order chi connectivity index (χ1) is 10.6. The van der Waals surface area contributed by atoms with Crippen molar-refractivity contribution < 1.29 is 14.3 Å². The van der Waals surface area contributed by atoms with E-state index in [2.05, 4.69) is 5.32 Å². The third kappa shape index (κ3) is 2.49. The van der Waals surface area contributed by atoms with E-state index < -0.39 is 0 Å². The maximum absolute atomic E-state index is 12.3. The van der Waals surface area contributed by atoms with Crippen molar-refractivity contribution in [3.63, 3.8) is 0 Å². The summed E-state index contributed by atoms with van der Waals surface area (Å²) in [5, 5.41) is 3.13. The summed E-state index contributed by atoms with van der Waals surface area (Å²) in [4.78, 5) is 24.4. The maximum Gasteiger partial charge on any atom is 0.256 e. The molecule has 5 heteroatoms. The van der Waals surface area contributed by atoms with Crippen LogP contribution >= 0.6 is 11.6 Å². The normalized spacial score (nSPS) is 14.6. The number of methoxy groups -OCH3 is 1. The topological polar surface area (TPSA) is 55.4 Å². The highest BCUT2D eigenvalue weighted by molar-refractivity contribution is 6.41. The highest BCUT2D eigenvalue weighted by Gasteiger charge is 2.27. The number of ether oxygens (including phenoxy) is 1. The van der Waals surface area contributed by atoms with E-state index in [0.29, 0.717) is 27.6 Å². The molecule has 1 N–H and O–H groups in total. The minimum atomic E-state index is -0.329. The number of ketones is 1. The van der Waals surface area contributed by atoms with Gasteiger partial charge in [0.25, 0.3) is 5.91 Å². The van der Waals surface area contributed by atoms with Gasteiger partial charge in [0.1, 0.15) is 5.75 Å². The SMILES string of the molecule is COc1ccc(C(=O)C=C2C(=O)Nc3cccc(Cl)c32)cc1. The van der Waals surface area contributed by atoms with Crippen molar-refractivity contribution in [2.45, 2.75) is 0 Å². The van der Waals surface area contributed by atoms with Crippen LogP contribution in [0.2, 0.25) is 5.02 Å². The summed E-state index contributed by atoms with van der Waals surface area (Å²) in [6, 6.07) is 11.9. The van der Waals surface area contributed by atoms with Gasteiger partial charge in [-0.15, -0.1) is 0 Å². The predicted molar refractivity (Wildman–Crippen MR) is 85.4 cm³/mol. The summed E-state index contributed by atoms with van der Waals surface area (Å²) in [6.07, 6.45) is 1.31. The predicted octanol–water partition coefficient (Wildman–Crippen LogP) is 3.57. The molecule has 0 spiro atoms. The Hall–Kier alpha value is -2.59. The second-order valence-electron chi connectivity index (χ2n) is 4.77. The van der Waals surface area contributed by atoms with Gasteiger partial charge >= 0.3 is 0 Å². The van der Waals surface area contributed by atoms with Gasteiger partial charge in [-0.05, 0) is 42.5 Å². The summed E-state index contributed by atoms with van der Waals surface area (Å²) in [5.74, 6) is 0.0711. The van der Waals surface area contributed by atoms with Gasteiger partial charge in [0.2, 0.25) is 0 Å². The number of anilines is 1. The number of allylic oxidation sites excluding steroid dienone is 1. The van der Waals surface area contributed by atoms with E-state index >= 15 is 0 Å². The molecule has 2 aromatic carbocycles. The summed E-state index contributed by atoms with van der Waals surface area (Å²) in [6.45, 7) is 0. The highest BCUT2D eigenvalue weighted by Crippen LogP contribution is 2.37. The lowest BCUT2D eigenvalue weighted by Crippen LogP contribution is -2.06. The van der Waals surface area contributed by atoms with Gasteiger partial charge in [0.05, 0.1) is 23.4 Å². The monoisotopic (exact) mass is 313 g/mol. The quantitative estimate of drug-likeness (QED) is 0.696. The molecule has 4 nitrogen and oxygen atoms in total. The molecule has 0 unspecified atom stereocenters. The fourth-order valence-electron chi connectivity index (χ4n) is 2.31. The summed E-state index contributed by atoms with van der Waals surface area (Å²) in [5.41, 5.74) is 1.94. The number of fused-ring (bicyclic) bond motifs is 1. The molecule has 3 rings (SSSR count). The lowest BCUT2D eigenvalue weighted by atomic mass is 10.0. The Morgan fingerprint density at radius 3 is 2.59 bits per heavy atom. The van der Waals surface area contributed by atoms with Crippen LogP contribution in [0.4, 0.5) is 5.69 Å². The number of amides is 1. The molecule has 0 fully saturated rings. The largest absolute Gasteiger partial charge is 0.497 e. The minimum Gasteiger partial charge on any atom is -0.497 e. The molecule has 0 saturated heterocycles. The van der Waals surface area contributed by atoms with Gasteiger partial charge in [-0.3, -0.25) is 9.59 Å². The number of nitrogens with one attached hydrogen (secondary N) is 1.